The van der Waals surface area contributed by atoms with Crippen molar-refractivity contribution in [2.75, 3.05) is 30.3 Å². The third kappa shape index (κ3) is 7.43. The van der Waals surface area contributed by atoms with Crippen LogP contribution in [-0.4, -0.2) is 83.5 Å². The number of piperidine rings is 1. The number of nitrogens with one attached hydrogen (secondary N) is 2. The van der Waals surface area contributed by atoms with Gasteiger partial charge in [-0.25, -0.2) is 13.1 Å². The fourth-order valence-electron chi connectivity index (χ4n) is 6.01. The van der Waals surface area contributed by atoms with Crippen molar-refractivity contribution in [3.63, 3.8) is 0 Å². The van der Waals surface area contributed by atoms with Gasteiger partial charge in [-0.15, -0.1) is 0 Å². The molecule has 11 heteroatoms. The first-order chi connectivity index (χ1) is 18.6. The summed E-state index contributed by atoms with van der Waals surface area (Å²) in [5.41, 5.74) is 0.696. The molecule has 2 bridgehead atoms. The minimum Gasteiger partial charge on any atom is -0.390 e. The molecule has 1 amide bonds. The molecular weight excluding hydrogens is 536 g/mol. The lowest BCUT2D eigenvalue weighted by atomic mass is 9.96. The van der Waals surface area contributed by atoms with E-state index in [1.54, 1.807) is 22.4 Å². The monoisotopic (exact) mass is 578 g/mol. The third-order valence-electron chi connectivity index (χ3n) is 7.79. The highest BCUT2D eigenvalue weighted by Gasteiger charge is 2.41. The predicted octanol–water partition coefficient (Wildman–Crippen LogP) is 2.73. The molecule has 3 unspecified atom stereocenters. The first kappa shape index (κ1) is 30.0. The molecule has 39 heavy (non-hydrogen) atoms. The number of rotatable bonds is 13. The van der Waals surface area contributed by atoms with Gasteiger partial charge in [0, 0.05) is 37.3 Å². The summed E-state index contributed by atoms with van der Waals surface area (Å²) in [6, 6.07) is 9.58. The van der Waals surface area contributed by atoms with Crippen LogP contribution < -0.4 is 15.6 Å². The Balaban J connectivity index is 1.33. The molecular formula is C28H42N4O5S2. The highest BCUT2D eigenvalue weighted by atomic mass is 32.2. The molecule has 2 saturated heterocycles. The second-order valence-electron chi connectivity index (χ2n) is 11.0. The SMILES string of the molecule is CCSCCCS(=O)(=O)NCC(O)CN1C2CCC1CC(NC(=O)c1cc3ccccc3n(C(C)C)c1=O)C2. The lowest BCUT2D eigenvalue weighted by molar-refractivity contribution is 0.0523. The van der Waals surface area contributed by atoms with Crippen LogP contribution in [0.25, 0.3) is 10.9 Å². The van der Waals surface area contributed by atoms with Crippen LogP contribution in [0.5, 0.6) is 0 Å². The number of hydrogen-bond donors (Lipinski definition) is 3. The van der Waals surface area contributed by atoms with E-state index in [0.717, 1.165) is 48.1 Å². The molecule has 2 aliphatic rings. The van der Waals surface area contributed by atoms with E-state index in [2.05, 4.69) is 14.9 Å². The van der Waals surface area contributed by atoms with E-state index in [0.29, 0.717) is 13.0 Å². The van der Waals surface area contributed by atoms with Gasteiger partial charge >= 0.3 is 0 Å². The van der Waals surface area contributed by atoms with Gasteiger partial charge in [0.25, 0.3) is 11.5 Å². The zero-order chi connectivity index (χ0) is 28.2. The van der Waals surface area contributed by atoms with Crippen molar-refractivity contribution in [2.24, 2.45) is 0 Å². The van der Waals surface area contributed by atoms with Crippen LogP contribution in [0.15, 0.2) is 35.1 Å². The van der Waals surface area contributed by atoms with E-state index < -0.39 is 16.1 Å². The number of amides is 1. The zero-order valence-electron chi connectivity index (χ0n) is 23.1. The van der Waals surface area contributed by atoms with E-state index in [9.17, 15) is 23.1 Å². The number of thioether (sulfide) groups is 1. The van der Waals surface area contributed by atoms with Crippen molar-refractivity contribution >= 4 is 38.6 Å². The largest absolute Gasteiger partial charge is 0.390 e. The lowest BCUT2D eigenvalue weighted by Gasteiger charge is -2.40. The second kappa shape index (κ2) is 13.2. The molecule has 0 aliphatic carbocycles. The molecule has 2 aliphatic heterocycles. The normalized spacial score (nSPS) is 22.4. The number of pyridine rings is 1. The Bertz CT molecular complexity index is 1300. The molecule has 216 valence electrons. The van der Waals surface area contributed by atoms with Gasteiger partial charge in [0.15, 0.2) is 0 Å². The number of carbonyl (C=O) groups excluding carboxylic acids is 1. The Hall–Kier alpha value is -1.92. The summed E-state index contributed by atoms with van der Waals surface area (Å²) >= 11 is 1.72. The zero-order valence-corrected chi connectivity index (χ0v) is 24.8. The molecule has 2 aromatic rings. The van der Waals surface area contributed by atoms with Crippen molar-refractivity contribution in [1.82, 2.24) is 19.5 Å². The highest BCUT2D eigenvalue weighted by molar-refractivity contribution is 7.99. The van der Waals surface area contributed by atoms with Crippen molar-refractivity contribution in [3.05, 3.63) is 46.2 Å². The molecule has 0 saturated carbocycles. The first-order valence-corrected chi connectivity index (χ1v) is 16.8. The fourth-order valence-corrected chi connectivity index (χ4v) is 7.95. The standard InChI is InChI=1S/C28H42N4O5S2/c1-4-38-12-7-13-39(36,37)29-17-24(33)18-31-22-10-11-23(31)16-21(15-22)30-27(34)25-14-20-8-5-6-9-26(20)32(19(2)3)28(25)35/h5-6,8-9,14,19,21-24,29,33H,4,7,10-13,15-18H2,1-3H3,(H,30,34). The van der Waals surface area contributed by atoms with Crippen LogP contribution in [0.1, 0.15) is 69.3 Å². The lowest BCUT2D eigenvalue weighted by Crippen LogP contribution is -2.53. The van der Waals surface area contributed by atoms with E-state index >= 15 is 0 Å². The quantitative estimate of drug-likeness (QED) is 0.313. The maximum Gasteiger partial charge on any atom is 0.264 e. The minimum absolute atomic E-state index is 0.00342. The smallest absolute Gasteiger partial charge is 0.264 e. The average Bonchev–Trinajstić information content (AvgIpc) is 3.11. The average molecular weight is 579 g/mol. The van der Waals surface area contributed by atoms with Gasteiger partial charge in [-0.2, -0.15) is 11.8 Å². The van der Waals surface area contributed by atoms with Crippen LogP contribution in [-0.2, 0) is 10.0 Å². The molecule has 2 fully saturated rings. The summed E-state index contributed by atoms with van der Waals surface area (Å²) in [6.45, 7) is 6.33. The number of fused-ring (bicyclic) bond motifs is 3. The predicted molar refractivity (Wildman–Crippen MR) is 158 cm³/mol. The van der Waals surface area contributed by atoms with Crippen molar-refractivity contribution < 1.29 is 18.3 Å². The topological polar surface area (TPSA) is 121 Å². The van der Waals surface area contributed by atoms with Crippen LogP contribution in [0, 0.1) is 0 Å². The molecule has 3 heterocycles. The summed E-state index contributed by atoms with van der Waals surface area (Å²) < 4.78 is 28.7. The van der Waals surface area contributed by atoms with E-state index in [4.69, 9.17) is 0 Å². The van der Waals surface area contributed by atoms with Gasteiger partial charge in [0.05, 0.1) is 17.4 Å². The summed E-state index contributed by atoms with van der Waals surface area (Å²) in [4.78, 5) is 28.8. The molecule has 4 rings (SSSR count). The van der Waals surface area contributed by atoms with Crippen LogP contribution in [0.2, 0.25) is 0 Å². The van der Waals surface area contributed by atoms with Crippen LogP contribution >= 0.6 is 11.8 Å². The van der Waals surface area contributed by atoms with Crippen molar-refractivity contribution in [2.45, 2.75) is 83.1 Å². The maximum atomic E-state index is 13.3. The number of aliphatic hydroxyl groups excluding tert-OH is 1. The number of sulfonamides is 1. The number of hydrogen-bond acceptors (Lipinski definition) is 7. The van der Waals surface area contributed by atoms with Crippen molar-refractivity contribution in [1.29, 1.82) is 0 Å². The number of para-hydroxylation sites is 1. The first-order valence-electron chi connectivity index (χ1n) is 14.0. The molecule has 3 atom stereocenters. The number of benzene rings is 1. The summed E-state index contributed by atoms with van der Waals surface area (Å²) in [7, 11) is -3.40. The summed E-state index contributed by atoms with van der Waals surface area (Å²) in [6.07, 6.45) is 3.22. The van der Waals surface area contributed by atoms with Gasteiger partial charge in [0.1, 0.15) is 5.56 Å². The van der Waals surface area contributed by atoms with Crippen molar-refractivity contribution in [3.8, 4) is 0 Å². The van der Waals surface area contributed by atoms with Gasteiger partial charge in [-0.3, -0.25) is 14.5 Å². The Morgan fingerprint density at radius 1 is 1.18 bits per heavy atom. The molecule has 1 aromatic carbocycles. The van der Waals surface area contributed by atoms with Gasteiger partial charge in [-0.1, -0.05) is 25.1 Å². The van der Waals surface area contributed by atoms with Gasteiger partial charge in [-0.05, 0) is 75.0 Å². The molecule has 9 nitrogen and oxygen atoms in total. The van der Waals surface area contributed by atoms with E-state index in [1.165, 1.54) is 0 Å². The van der Waals surface area contributed by atoms with Gasteiger partial charge < -0.3 is 15.0 Å². The number of nitrogens with zero attached hydrogens (tertiary/aromatic N) is 2. The molecule has 1 aromatic heterocycles. The Kier molecular flexibility index (Phi) is 10.1. The third-order valence-corrected chi connectivity index (χ3v) is 10.2. The molecule has 0 spiro atoms. The molecule has 0 radical (unpaired) electrons. The number of aliphatic hydroxyl groups is 1. The Morgan fingerprint density at radius 3 is 2.54 bits per heavy atom. The highest BCUT2D eigenvalue weighted by Crippen LogP contribution is 2.36. The van der Waals surface area contributed by atoms with E-state index in [1.807, 2.05) is 45.0 Å². The fraction of sp³-hybridized carbons (Fsp3) is 0.643. The summed E-state index contributed by atoms with van der Waals surface area (Å²) in [5, 5.41) is 14.6. The van der Waals surface area contributed by atoms with E-state index in [-0.39, 0.29) is 53.5 Å². The Labute approximate surface area is 235 Å². The number of aromatic nitrogens is 1. The number of carbonyl (C=O) groups is 1. The summed E-state index contributed by atoms with van der Waals surface area (Å²) in [5.74, 6) is 1.51. The Morgan fingerprint density at radius 2 is 1.87 bits per heavy atom. The second-order valence-corrected chi connectivity index (χ2v) is 14.3. The molecule has 3 N–H and O–H groups in total. The van der Waals surface area contributed by atoms with Gasteiger partial charge in [0.2, 0.25) is 10.0 Å². The minimum atomic E-state index is -3.40. The maximum absolute atomic E-state index is 13.3. The van der Waals surface area contributed by atoms with Crippen LogP contribution in [0.3, 0.4) is 0 Å². The van der Waals surface area contributed by atoms with Crippen LogP contribution in [0.4, 0.5) is 0 Å².